The molecule has 2 aromatic carbocycles. The van der Waals surface area contributed by atoms with Crippen LogP contribution in [0.3, 0.4) is 0 Å². The molecule has 2 aromatic rings. The maximum Gasteiger partial charge on any atom is 0.363 e. The second-order valence-corrected chi connectivity index (χ2v) is 8.20. The number of ether oxygens (including phenoxy) is 3. The molecule has 0 amide bonds. The number of halogens is 2. The maximum atomic E-state index is 12.3. The van der Waals surface area contributed by atoms with E-state index in [2.05, 4.69) is 43.5 Å². The van der Waals surface area contributed by atoms with Crippen LogP contribution >= 0.6 is 38.5 Å². The Labute approximate surface area is 186 Å². The summed E-state index contributed by atoms with van der Waals surface area (Å²) in [5.41, 5.74) is 2.87. The highest BCUT2D eigenvalue weighted by Gasteiger charge is 2.24. The van der Waals surface area contributed by atoms with E-state index in [1.165, 1.54) is 0 Å². The first-order valence-electron chi connectivity index (χ1n) is 8.72. The monoisotopic (exact) mass is 555 g/mol. The molecule has 1 aliphatic heterocycles. The van der Waals surface area contributed by atoms with Crippen molar-refractivity contribution >= 4 is 56.5 Å². The highest BCUT2D eigenvalue weighted by Crippen LogP contribution is 2.37. The van der Waals surface area contributed by atoms with Crippen molar-refractivity contribution in [2.45, 2.75) is 20.3 Å². The highest BCUT2D eigenvalue weighted by molar-refractivity contribution is 14.1. The summed E-state index contributed by atoms with van der Waals surface area (Å²) >= 11 is 5.77. The SMILES string of the molecule is CCCOc1c(Br)cc(/C=C2\N=C(c3ccc(I)c(C)c3)OC2=O)cc1OC. The van der Waals surface area contributed by atoms with Gasteiger partial charge in [-0.25, -0.2) is 9.79 Å². The number of hydrogen-bond acceptors (Lipinski definition) is 5. The molecule has 0 atom stereocenters. The van der Waals surface area contributed by atoms with Gasteiger partial charge in [-0.15, -0.1) is 0 Å². The van der Waals surface area contributed by atoms with Gasteiger partial charge < -0.3 is 14.2 Å². The zero-order valence-electron chi connectivity index (χ0n) is 15.7. The van der Waals surface area contributed by atoms with Gasteiger partial charge in [-0.05, 0) is 99.4 Å². The van der Waals surface area contributed by atoms with E-state index in [9.17, 15) is 4.79 Å². The topological polar surface area (TPSA) is 57.1 Å². The van der Waals surface area contributed by atoms with Crippen LogP contribution in [0.2, 0.25) is 0 Å². The Morgan fingerprint density at radius 1 is 1.29 bits per heavy atom. The van der Waals surface area contributed by atoms with Crippen molar-refractivity contribution in [1.29, 1.82) is 0 Å². The number of carbonyl (C=O) groups excluding carboxylic acids is 1. The molecule has 0 spiro atoms. The van der Waals surface area contributed by atoms with Crippen LogP contribution in [0.5, 0.6) is 11.5 Å². The predicted molar refractivity (Wildman–Crippen MR) is 121 cm³/mol. The zero-order chi connectivity index (χ0) is 20.3. The fourth-order valence-corrected chi connectivity index (χ4v) is 3.55. The number of methoxy groups -OCH3 is 1. The van der Waals surface area contributed by atoms with Crippen LogP contribution in [0.1, 0.15) is 30.0 Å². The van der Waals surface area contributed by atoms with Crippen LogP contribution in [-0.4, -0.2) is 25.6 Å². The lowest BCUT2D eigenvalue weighted by atomic mass is 10.1. The lowest BCUT2D eigenvalue weighted by Crippen LogP contribution is -2.05. The van der Waals surface area contributed by atoms with Crippen LogP contribution in [0, 0.1) is 10.5 Å². The average molecular weight is 556 g/mol. The second-order valence-electron chi connectivity index (χ2n) is 6.18. The van der Waals surface area contributed by atoms with E-state index in [0.29, 0.717) is 24.0 Å². The van der Waals surface area contributed by atoms with Gasteiger partial charge in [-0.3, -0.25) is 0 Å². The van der Waals surface area contributed by atoms with Crippen LogP contribution in [0.15, 0.2) is 45.5 Å². The van der Waals surface area contributed by atoms with Gasteiger partial charge in [-0.2, -0.15) is 0 Å². The molecule has 28 heavy (non-hydrogen) atoms. The molecular weight excluding hydrogens is 537 g/mol. The van der Waals surface area contributed by atoms with E-state index >= 15 is 0 Å². The van der Waals surface area contributed by atoms with Crippen molar-refractivity contribution in [3.63, 3.8) is 0 Å². The minimum atomic E-state index is -0.479. The van der Waals surface area contributed by atoms with Crippen molar-refractivity contribution in [3.05, 3.63) is 60.8 Å². The molecule has 0 unspecified atom stereocenters. The molecular formula is C21H19BrINO4. The zero-order valence-corrected chi connectivity index (χ0v) is 19.5. The largest absolute Gasteiger partial charge is 0.493 e. The second kappa shape index (κ2) is 9.09. The Kier molecular flexibility index (Phi) is 6.77. The normalized spacial score (nSPS) is 14.8. The molecule has 0 radical (unpaired) electrons. The molecule has 0 aromatic heterocycles. The molecule has 0 saturated heterocycles. The smallest absolute Gasteiger partial charge is 0.363 e. The fraction of sp³-hybridized carbons (Fsp3) is 0.238. The van der Waals surface area contributed by atoms with Gasteiger partial charge in [0.2, 0.25) is 5.90 Å². The molecule has 1 aliphatic rings. The highest BCUT2D eigenvalue weighted by atomic mass is 127. The number of hydrogen-bond donors (Lipinski definition) is 0. The van der Waals surface area contributed by atoms with Crippen molar-refractivity contribution in [1.82, 2.24) is 0 Å². The number of aliphatic imine (C=N–C) groups is 1. The number of nitrogens with zero attached hydrogens (tertiary/aromatic N) is 1. The first kappa shape index (κ1) is 20.9. The molecule has 0 aliphatic carbocycles. The third-order valence-corrected chi connectivity index (χ3v) is 5.83. The van der Waals surface area contributed by atoms with Gasteiger partial charge in [0.05, 0.1) is 18.2 Å². The number of benzene rings is 2. The third-order valence-electron chi connectivity index (χ3n) is 4.03. The number of carbonyl (C=O) groups is 1. The van der Waals surface area contributed by atoms with Gasteiger partial charge in [0.1, 0.15) is 0 Å². The molecule has 7 heteroatoms. The van der Waals surface area contributed by atoms with Crippen LogP contribution in [0.4, 0.5) is 0 Å². The van der Waals surface area contributed by atoms with Crippen molar-refractivity contribution in [2.75, 3.05) is 13.7 Å². The van der Waals surface area contributed by atoms with Gasteiger partial charge >= 0.3 is 5.97 Å². The molecule has 0 N–H and O–H groups in total. The lowest BCUT2D eigenvalue weighted by Gasteiger charge is -2.13. The number of rotatable bonds is 6. The minimum Gasteiger partial charge on any atom is -0.493 e. The van der Waals surface area contributed by atoms with Crippen LogP contribution in [-0.2, 0) is 9.53 Å². The van der Waals surface area contributed by atoms with Gasteiger partial charge in [0.15, 0.2) is 17.2 Å². The van der Waals surface area contributed by atoms with Crippen molar-refractivity contribution < 1.29 is 19.0 Å². The molecule has 5 nitrogen and oxygen atoms in total. The first-order chi connectivity index (χ1) is 13.4. The number of aryl methyl sites for hydroxylation is 1. The molecule has 0 saturated carbocycles. The summed E-state index contributed by atoms with van der Waals surface area (Å²) in [6, 6.07) is 9.48. The van der Waals surface area contributed by atoms with Gasteiger partial charge in [0, 0.05) is 9.13 Å². The van der Waals surface area contributed by atoms with E-state index in [1.807, 2.05) is 38.1 Å². The predicted octanol–water partition coefficient (Wildman–Crippen LogP) is 5.50. The van der Waals surface area contributed by atoms with E-state index < -0.39 is 5.97 Å². The van der Waals surface area contributed by atoms with E-state index in [4.69, 9.17) is 14.2 Å². The summed E-state index contributed by atoms with van der Waals surface area (Å²) in [5, 5.41) is 0. The van der Waals surface area contributed by atoms with Crippen molar-refractivity contribution in [2.24, 2.45) is 4.99 Å². The maximum absolute atomic E-state index is 12.3. The average Bonchev–Trinajstić information content (AvgIpc) is 3.03. The summed E-state index contributed by atoms with van der Waals surface area (Å²) in [7, 11) is 1.58. The summed E-state index contributed by atoms with van der Waals surface area (Å²) in [5.74, 6) is 1.05. The summed E-state index contributed by atoms with van der Waals surface area (Å²) in [6.45, 7) is 4.63. The third kappa shape index (κ3) is 4.57. The van der Waals surface area contributed by atoms with Crippen LogP contribution < -0.4 is 9.47 Å². The van der Waals surface area contributed by atoms with E-state index in [1.54, 1.807) is 19.3 Å². The summed E-state index contributed by atoms with van der Waals surface area (Å²) in [4.78, 5) is 16.7. The Bertz CT molecular complexity index is 985. The van der Waals surface area contributed by atoms with Gasteiger partial charge in [0.25, 0.3) is 0 Å². The summed E-state index contributed by atoms with van der Waals surface area (Å²) in [6.07, 6.45) is 2.56. The molecule has 146 valence electrons. The van der Waals surface area contributed by atoms with Gasteiger partial charge in [-0.1, -0.05) is 6.92 Å². The number of cyclic esters (lactones) is 1. The quantitative estimate of drug-likeness (QED) is 0.268. The van der Waals surface area contributed by atoms with E-state index in [0.717, 1.165) is 31.2 Å². The number of esters is 1. The van der Waals surface area contributed by atoms with E-state index in [-0.39, 0.29) is 5.70 Å². The molecule has 1 heterocycles. The molecule has 0 fully saturated rings. The Morgan fingerprint density at radius 3 is 2.75 bits per heavy atom. The Hall–Kier alpha value is -1.87. The molecule has 0 bridgehead atoms. The lowest BCUT2D eigenvalue weighted by molar-refractivity contribution is -0.129. The standard InChI is InChI=1S/C21H19BrINO4/c1-4-7-27-19-15(22)9-13(11-18(19)26-3)10-17-21(25)28-20(24-17)14-5-6-16(23)12(2)8-14/h5-6,8-11H,4,7H2,1-3H3/b17-10-. The molecule has 3 rings (SSSR count). The Morgan fingerprint density at radius 2 is 2.07 bits per heavy atom. The first-order valence-corrected chi connectivity index (χ1v) is 10.6. The van der Waals surface area contributed by atoms with Crippen LogP contribution in [0.25, 0.3) is 6.08 Å². The van der Waals surface area contributed by atoms with Crippen molar-refractivity contribution in [3.8, 4) is 11.5 Å². The summed E-state index contributed by atoms with van der Waals surface area (Å²) < 4.78 is 18.4. The Balaban J connectivity index is 1.94. The fourth-order valence-electron chi connectivity index (χ4n) is 2.64. The minimum absolute atomic E-state index is 0.238.